The Morgan fingerprint density at radius 1 is 1.16 bits per heavy atom. The van der Waals surface area contributed by atoms with Crippen LogP contribution in [0.25, 0.3) is 16.6 Å². The van der Waals surface area contributed by atoms with Gasteiger partial charge in [0, 0.05) is 25.7 Å². The number of para-hydroxylation sites is 1. The van der Waals surface area contributed by atoms with Crippen molar-refractivity contribution in [2.24, 2.45) is 0 Å². The van der Waals surface area contributed by atoms with Gasteiger partial charge in [-0.15, -0.1) is 10.2 Å². The average molecular weight is 416 g/mol. The normalized spacial score (nSPS) is 16.4. The van der Waals surface area contributed by atoms with Crippen molar-refractivity contribution >= 4 is 22.5 Å². The van der Waals surface area contributed by atoms with E-state index in [0.29, 0.717) is 24.8 Å². The number of hydrogen-bond donors (Lipinski definition) is 0. The van der Waals surface area contributed by atoms with Crippen molar-refractivity contribution in [1.29, 1.82) is 0 Å². The zero-order valence-electron chi connectivity index (χ0n) is 17.4. The molecular formula is C23H24N6O2. The standard InChI is InChI=1S/C23H24N6O2/c1-16-7-4-8-17-21(16)24-15-27(23(17)31)12-6-11-20(30)28-14-5-9-18(28)22-26-25-19-10-2-3-13-29(19)22/h2-4,7-8,10,13,15,18H,5-6,9,11-12,14H2,1H3/t18-/m0/s1. The maximum Gasteiger partial charge on any atom is 0.261 e. The van der Waals surface area contributed by atoms with Gasteiger partial charge in [0.25, 0.3) is 5.56 Å². The summed E-state index contributed by atoms with van der Waals surface area (Å²) in [5.74, 6) is 0.902. The molecule has 158 valence electrons. The van der Waals surface area contributed by atoms with Crippen molar-refractivity contribution in [2.45, 2.75) is 45.2 Å². The Balaban J connectivity index is 1.28. The first-order valence-corrected chi connectivity index (χ1v) is 10.7. The third-order valence-electron chi connectivity index (χ3n) is 6.06. The largest absolute Gasteiger partial charge is 0.332 e. The first kappa shape index (κ1) is 19.4. The second-order valence-corrected chi connectivity index (χ2v) is 8.05. The molecule has 1 amide bonds. The molecule has 0 saturated carbocycles. The van der Waals surface area contributed by atoms with Crippen molar-refractivity contribution in [2.75, 3.05) is 6.54 Å². The Bertz CT molecular complexity index is 1320. The molecule has 0 aliphatic carbocycles. The highest BCUT2D eigenvalue weighted by Gasteiger charge is 2.32. The molecule has 0 radical (unpaired) electrons. The number of carbonyl (C=O) groups excluding carboxylic acids is 1. The summed E-state index contributed by atoms with van der Waals surface area (Å²) in [5.41, 5.74) is 2.45. The van der Waals surface area contributed by atoms with Crippen LogP contribution in [0.15, 0.2) is 53.7 Å². The van der Waals surface area contributed by atoms with Gasteiger partial charge in [-0.3, -0.25) is 18.6 Å². The maximum absolute atomic E-state index is 13.0. The fourth-order valence-corrected chi connectivity index (χ4v) is 4.46. The smallest absolute Gasteiger partial charge is 0.261 e. The first-order chi connectivity index (χ1) is 15.1. The van der Waals surface area contributed by atoms with Crippen LogP contribution < -0.4 is 5.56 Å². The number of fused-ring (bicyclic) bond motifs is 2. The van der Waals surface area contributed by atoms with Gasteiger partial charge in [-0.1, -0.05) is 18.2 Å². The monoisotopic (exact) mass is 416 g/mol. The minimum absolute atomic E-state index is 0.0575. The Hall–Kier alpha value is -3.55. The summed E-state index contributed by atoms with van der Waals surface area (Å²) in [6.07, 6.45) is 6.32. The molecule has 4 aromatic rings. The lowest BCUT2D eigenvalue weighted by Gasteiger charge is -2.23. The number of aryl methyl sites for hydroxylation is 2. The van der Waals surface area contributed by atoms with E-state index in [-0.39, 0.29) is 17.5 Å². The Morgan fingerprint density at radius 2 is 2.06 bits per heavy atom. The van der Waals surface area contributed by atoms with Crippen LogP contribution >= 0.6 is 0 Å². The molecule has 0 bridgehead atoms. The third-order valence-corrected chi connectivity index (χ3v) is 6.06. The summed E-state index contributed by atoms with van der Waals surface area (Å²) in [6.45, 7) is 3.14. The molecule has 1 aromatic carbocycles. The molecule has 0 spiro atoms. The van der Waals surface area contributed by atoms with E-state index in [2.05, 4.69) is 15.2 Å². The van der Waals surface area contributed by atoms with Crippen LogP contribution in [0.2, 0.25) is 0 Å². The molecule has 0 N–H and O–H groups in total. The van der Waals surface area contributed by atoms with E-state index in [1.54, 1.807) is 17.0 Å². The van der Waals surface area contributed by atoms with E-state index in [0.717, 1.165) is 41.9 Å². The summed E-state index contributed by atoms with van der Waals surface area (Å²) in [4.78, 5) is 32.1. The minimum atomic E-state index is -0.0601. The first-order valence-electron chi connectivity index (χ1n) is 10.7. The number of aromatic nitrogens is 5. The number of hydrogen-bond acceptors (Lipinski definition) is 5. The van der Waals surface area contributed by atoms with E-state index < -0.39 is 0 Å². The van der Waals surface area contributed by atoms with E-state index in [9.17, 15) is 9.59 Å². The predicted molar refractivity (Wildman–Crippen MR) is 117 cm³/mol. The van der Waals surface area contributed by atoms with Gasteiger partial charge in [0.15, 0.2) is 11.5 Å². The molecule has 1 saturated heterocycles. The predicted octanol–water partition coefficient (Wildman–Crippen LogP) is 2.89. The molecule has 4 heterocycles. The molecule has 1 aliphatic heterocycles. The average Bonchev–Trinajstić information content (AvgIpc) is 3.42. The molecule has 1 aliphatic rings. The molecule has 3 aromatic heterocycles. The minimum Gasteiger partial charge on any atom is -0.332 e. The summed E-state index contributed by atoms with van der Waals surface area (Å²) in [6, 6.07) is 11.3. The molecule has 1 atom stereocenters. The molecule has 8 nitrogen and oxygen atoms in total. The number of amides is 1. The van der Waals surface area contributed by atoms with E-state index >= 15 is 0 Å². The zero-order valence-corrected chi connectivity index (χ0v) is 17.4. The number of carbonyl (C=O) groups is 1. The van der Waals surface area contributed by atoms with Gasteiger partial charge >= 0.3 is 0 Å². The lowest BCUT2D eigenvalue weighted by molar-refractivity contribution is -0.132. The molecule has 1 fully saturated rings. The Labute approximate surface area is 179 Å². The van der Waals surface area contributed by atoms with Crippen molar-refractivity contribution < 1.29 is 4.79 Å². The summed E-state index contributed by atoms with van der Waals surface area (Å²) in [7, 11) is 0. The van der Waals surface area contributed by atoms with Gasteiger partial charge in [-0.2, -0.15) is 0 Å². The van der Waals surface area contributed by atoms with Crippen LogP contribution in [-0.4, -0.2) is 41.5 Å². The second-order valence-electron chi connectivity index (χ2n) is 8.05. The number of pyridine rings is 1. The summed E-state index contributed by atoms with van der Waals surface area (Å²) >= 11 is 0. The molecule has 0 unspecified atom stereocenters. The van der Waals surface area contributed by atoms with Crippen molar-refractivity contribution in [3.05, 3.63) is 70.7 Å². The molecule has 8 heteroatoms. The highest BCUT2D eigenvalue weighted by molar-refractivity contribution is 5.80. The van der Waals surface area contributed by atoms with Crippen LogP contribution in [0.5, 0.6) is 0 Å². The number of nitrogens with zero attached hydrogens (tertiary/aromatic N) is 6. The van der Waals surface area contributed by atoms with Crippen LogP contribution in [0.4, 0.5) is 0 Å². The van der Waals surface area contributed by atoms with Crippen molar-refractivity contribution in [3.8, 4) is 0 Å². The van der Waals surface area contributed by atoms with Gasteiger partial charge in [-0.05, 0) is 49.9 Å². The topological polar surface area (TPSA) is 85.4 Å². The molecular weight excluding hydrogens is 392 g/mol. The lowest BCUT2D eigenvalue weighted by Crippen LogP contribution is -2.31. The summed E-state index contributed by atoms with van der Waals surface area (Å²) < 4.78 is 3.56. The maximum atomic E-state index is 13.0. The van der Waals surface area contributed by atoms with Crippen LogP contribution in [0, 0.1) is 6.92 Å². The molecule has 31 heavy (non-hydrogen) atoms. The van der Waals surface area contributed by atoms with Crippen LogP contribution in [-0.2, 0) is 11.3 Å². The van der Waals surface area contributed by atoms with E-state index in [1.807, 2.05) is 52.8 Å². The number of rotatable bonds is 5. The third kappa shape index (κ3) is 3.48. The number of likely N-dealkylation sites (tertiary alicyclic amines) is 1. The molecule has 5 rings (SSSR count). The highest BCUT2D eigenvalue weighted by Crippen LogP contribution is 2.31. The van der Waals surface area contributed by atoms with E-state index in [1.165, 1.54) is 0 Å². The lowest BCUT2D eigenvalue weighted by atomic mass is 10.1. The Kier molecular flexibility index (Phi) is 4.97. The van der Waals surface area contributed by atoms with Crippen molar-refractivity contribution in [1.82, 2.24) is 29.0 Å². The van der Waals surface area contributed by atoms with Gasteiger partial charge in [-0.25, -0.2) is 4.98 Å². The van der Waals surface area contributed by atoms with Crippen LogP contribution in [0.3, 0.4) is 0 Å². The van der Waals surface area contributed by atoms with Gasteiger partial charge in [0.1, 0.15) is 0 Å². The zero-order chi connectivity index (χ0) is 21.4. The Morgan fingerprint density at radius 3 is 2.97 bits per heavy atom. The van der Waals surface area contributed by atoms with Gasteiger partial charge < -0.3 is 4.90 Å². The van der Waals surface area contributed by atoms with Crippen LogP contribution in [0.1, 0.15) is 43.1 Å². The van der Waals surface area contributed by atoms with Gasteiger partial charge in [0.2, 0.25) is 5.91 Å². The second kappa shape index (κ2) is 7.94. The quantitative estimate of drug-likeness (QED) is 0.499. The highest BCUT2D eigenvalue weighted by atomic mass is 16.2. The fraction of sp³-hybridized carbons (Fsp3) is 0.348. The number of benzene rings is 1. The van der Waals surface area contributed by atoms with Crippen molar-refractivity contribution in [3.63, 3.8) is 0 Å². The van der Waals surface area contributed by atoms with Gasteiger partial charge in [0.05, 0.1) is 23.3 Å². The SMILES string of the molecule is Cc1cccc2c(=O)n(CCCC(=O)N3CCC[C@H]3c3nnc4ccccn34)cnc12. The fourth-order valence-electron chi connectivity index (χ4n) is 4.46. The summed E-state index contributed by atoms with van der Waals surface area (Å²) in [5, 5.41) is 9.20. The van der Waals surface area contributed by atoms with E-state index in [4.69, 9.17) is 0 Å².